The number of sulfonamides is 1. The Hall–Kier alpha value is -0.430. The predicted octanol–water partition coefficient (Wildman–Crippen LogP) is 2.16. The van der Waals surface area contributed by atoms with Crippen LogP contribution in [0, 0.1) is 0 Å². The first-order valence-corrected chi connectivity index (χ1v) is 8.71. The molecule has 0 unspecified atom stereocenters. The molecule has 6 heteroatoms. The molecule has 1 aromatic rings. The van der Waals surface area contributed by atoms with E-state index in [1.165, 1.54) is 11.3 Å². The smallest absolute Gasteiger partial charge is 0.244 e. The summed E-state index contributed by atoms with van der Waals surface area (Å²) in [7, 11) is -3.35. The van der Waals surface area contributed by atoms with Crippen LogP contribution in [0.2, 0.25) is 0 Å². The highest BCUT2D eigenvalue weighted by Crippen LogP contribution is 2.34. The van der Waals surface area contributed by atoms with Crippen LogP contribution in [-0.2, 0) is 16.6 Å². The normalized spacial score (nSPS) is 16.4. The van der Waals surface area contributed by atoms with Crippen molar-refractivity contribution < 1.29 is 8.42 Å². The molecule has 0 radical (unpaired) electrons. The lowest BCUT2D eigenvalue weighted by atomic mass is 10.3. The van der Waals surface area contributed by atoms with Crippen LogP contribution in [0.5, 0.6) is 0 Å². The third-order valence-corrected chi connectivity index (χ3v) is 6.27. The molecule has 1 aliphatic rings. The summed E-state index contributed by atoms with van der Waals surface area (Å²) >= 11 is 1.42. The average Bonchev–Trinajstić information content (AvgIpc) is 3.05. The fraction of sp³-hybridized carbons (Fsp3) is 0.667. The second-order valence-electron chi connectivity index (χ2n) is 4.61. The van der Waals surface area contributed by atoms with Gasteiger partial charge in [0.25, 0.3) is 0 Å². The Morgan fingerprint density at radius 2 is 2.22 bits per heavy atom. The lowest BCUT2D eigenvalue weighted by molar-refractivity contribution is 0.395. The number of rotatable bonds is 7. The van der Waals surface area contributed by atoms with Crippen molar-refractivity contribution in [3.8, 4) is 0 Å². The number of unbranched alkanes of at least 4 members (excludes halogenated alkanes) is 1. The molecular weight excluding hydrogens is 268 g/mol. The molecule has 2 rings (SSSR count). The lowest BCUT2D eigenvalue weighted by Gasteiger charge is -2.21. The Morgan fingerprint density at radius 1 is 1.50 bits per heavy atom. The highest BCUT2D eigenvalue weighted by atomic mass is 32.2. The molecule has 1 aliphatic carbocycles. The van der Waals surface area contributed by atoms with E-state index in [0.29, 0.717) is 18.0 Å². The van der Waals surface area contributed by atoms with Gasteiger partial charge in [-0.25, -0.2) is 8.42 Å². The van der Waals surface area contributed by atoms with Gasteiger partial charge in [0, 0.05) is 24.0 Å². The van der Waals surface area contributed by atoms with Gasteiger partial charge in [-0.1, -0.05) is 13.3 Å². The van der Waals surface area contributed by atoms with Crippen molar-refractivity contribution >= 4 is 21.4 Å². The fourth-order valence-corrected chi connectivity index (χ4v) is 5.04. The van der Waals surface area contributed by atoms with Gasteiger partial charge in [-0.15, -0.1) is 11.3 Å². The number of nitrogens with two attached hydrogens (primary N) is 1. The molecule has 0 aliphatic heterocycles. The van der Waals surface area contributed by atoms with Gasteiger partial charge >= 0.3 is 0 Å². The molecule has 2 N–H and O–H groups in total. The van der Waals surface area contributed by atoms with E-state index >= 15 is 0 Å². The summed E-state index contributed by atoms with van der Waals surface area (Å²) < 4.78 is 27.0. The zero-order valence-corrected chi connectivity index (χ0v) is 12.3. The standard InChI is InChI=1S/C12H20N2O2S2/c1-2-3-7-14(10-4-5-10)18(15,16)12-6-8-17-11(12)9-13/h6,8,10H,2-5,7,9,13H2,1H3. The van der Waals surface area contributed by atoms with Gasteiger partial charge < -0.3 is 5.73 Å². The van der Waals surface area contributed by atoms with E-state index in [9.17, 15) is 8.42 Å². The van der Waals surface area contributed by atoms with Gasteiger partial charge in [-0.2, -0.15) is 4.31 Å². The molecule has 1 aromatic heterocycles. The minimum Gasteiger partial charge on any atom is -0.326 e. The van der Waals surface area contributed by atoms with Gasteiger partial charge in [0.1, 0.15) is 0 Å². The van der Waals surface area contributed by atoms with Crippen LogP contribution < -0.4 is 5.73 Å². The Labute approximate surface area is 113 Å². The highest BCUT2D eigenvalue weighted by Gasteiger charge is 2.38. The molecule has 1 heterocycles. The van der Waals surface area contributed by atoms with Crippen molar-refractivity contribution in [2.75, 3.05) is 6.54 Å². The predicted molar refractivity (Wildman–Crippen MR) is 74.0 cm³/mol. The second kappa shape index (κ2) is 5.69. The van der Waals surface area contributed by atoms with Crippen molar-refractivity contribution in [1.82, 2.24) is 4.31 Å². The highest BCUT2D eigenvalue weighted by molar-refractivity contribution is 7.89. The summed E-state index contributed by atoms with van der Waals surface area (Å²) in [5, 5.41) is 1.81. The second-order valence-corrected chi connectivity index (χ2v) is 7.47. The van der Waals surface area contributed by atoms with E-state index in [1.807, 2.05) is 0 Å². The topological polar surface area (TPSA) is 63.4 Å². The van der Waals surface area contributed by atoms with Crippen LogP contribution in [0.3, 0.4) is 0 Å². The van der Waals surface area contributed by atoms with E-state index in [-0.39, 0.29) is 6.04 Å². The van der Waals surface area contributed by atoms with Crippen molar-refractivity contribution in [3.63, 3.8) is 0 Å². The Bertz CT molecular complexity index is 492. The molecule has 1 fully saturated rings. The van der Waals surface area contributed by atoms with Gasteiger partial charge in [-0.05, 0) is 30.7 Å². The molecule has 0 spiro atoms. The van der Waals surface area contributed by atoms with Gasteiger partial charge in [-0.3, -0.25) is 0 Å². The minimum atomic E-state index is -3.35. The summed E-state index contributed by atoms with van der Waals surface area (Å²) in [6, 6.07) is 1.90. The number of hydrogen-bond donors (Lipinski definition) is 1. The van der Waals surface area contributed by atoms with Crippen LogP contribution in [0.25, 0.3) is 0 Å². The van der Waals surface area contributed by atoms with E-state index in [0.717, 1.165) is 30.6 Å². The third-order valence-electron chi connectivity index (χ3n) is 3.16. The number of hydrogen-bond acceptors (Lipinski definition) is 4. The molecule has 0 atom stereocenters. The molecule has 0 amide bonds. The Balaban J connectivity index is 2.27. The van der Waals surface area contributed by atoms with Gasteiger partial charge in [0.15, 0.2) is 0 Å². The van der Waals surface area contributed by atoms with Crippen molar-refractivity contribution in [2.24, 2.45) is 5.73 Å². The van der Waals surface area contributed by atoms with Crippen LogP contribution in [-0.4, -0.2) is 25.3 Å². The molecule has 0 aromatic carbocycles. The van der Waals surface area contributed by atoms with Crippen LogP contribution in [0.4, 0.5) is 0 Å². The summed E-state index contributed by atoms with van der Waals surface area (Å²) in [6.07, 6.45) is 3.90. The molecular formula is C12H20N2O2S2. The average molecular weight is 288 g/mol. The minimum absolute atomic E-state index is 0.215. The fourth-order valence-electron chi connectivity index (χ4n) is 2.01. The zero-order chi connectivity index (χ0) is 13.2. The Kier molecular flexibility index (Phi) is 4.42. The zero-order valence-electron chi connectivity index (χ0n) is 10.6. The first-order chi connectivity index (χ1) is 8.61. The Morgan fingerprint density at radius 3 is 2.78 bits per heavy atom. The summed E-state index contributed by atoms with van der Waals surface area (Å²) in [5.74, 6) is 0. The van der Waals surface area contributed by atoms with E-state index in [1.54, 1.807) is 15.8 Å². The van der Waals surface area contributed by atoms with Crippen molar-refractivity contribution in [1.29, 1.82) is 0 Å². The summed E-state index contributed by atoms with van der Waals surface area (Å²) in [4.78, 5) is 1.18. The maximum absolute atomic E-state index is 12.6. The quantitative estimate of drug-likeness (QED) is 0.836. The van der Waals surface area contributed by atoms with Crippen molar-refractivity contribution in [2.45, 2.75) is 50.1 Å². The number of nitrogens with zero attached hydrogens (tertiary/aromatic N) is 1. The molecule has 1 saturated carbocycles. The first-order valence-electron chi connectivity index (χ1n) is 6.39. The van der Waals surface area contributed by atoms with Crippen LogP contribution in [0.15, 0.2) is 16.3 Å². The van der Waals surface area contributed by atoms with Crippen molar-refractivity contribution in [3.05, 3.63) is 16.3 Å². The maximum Gasteiger partial charge on any atom is 0.244 e. The third kappa shape index (κ3) is 2.77. The number of thiophene rings is 1. The molecule has 0 bridgehead atoms. The van der Waals surface area contributed by atoms with Crippen LogP contribution in [0.1, 0.15) is 37.5 Å². The molecule has 102 valence electrons. The first kappa shape index (κ1) is 14.0. The van der Waals surface area contributed by atoms with E-state index in [4.69, 9.17) is 5.73 Å². The summed E-state index contributed by atoms with van der Waals surface area (Å²) in [5.41, 5.74) is 5.61. The monoisotopic (exact) mass is 288 g/mol. The van der Waals surface area contributed by atoms with Gasteiger partial charge in [0.05, 0.1) is 4.90 Å². The largest absolute Gasteiger partial charge is 0.326 e. The summed E-state index contributed by atoms with van der Waals surface area (Å²) in [6.45, 7) is 3.00. The SMILES string of the molecule is CCCCN(C1CC1)S(=O)(=O)c1ccsc1CN. The van der Waals surface area contributed by atoms with E-state index < -0.39 is 10.0 Å². The lowest BCUT2D eigenvalue weighted by Crippen LogP contribution is -2.34. The molecule has 0 saturated heterocycles. The van der Waals surface area contributed by atoms with Crippen LogP contribution >= 0.6 is 11.3 Å². The molecule has 18 heavy (non-hydrogen) atoms. The van der Waals surface area contributed by atoms with E-state index in [2.05, 4.69) is 6.92 Å². The maximum atomic E-state index is 12.6. The van der Waals surface area contributed by atoms with Gasteiger partial charge in [0.2, 0.25) is 10.0 Å². The molecule has 4 nitrogen and oxygen atoms in total.